The SMILES string of the molecule is C[C@H](CCC(=O)NN1CCN(C)CC1)[C@H]1CC[C@H]2C3=C(CC[C@]12C)[C@@]1(C)CC[C@H](O)C[C@]1(C#N)CC3. The molecule has 2 N–H and O–H groups in total. The van der Waals surface area contributed by atoms with Crippen LogP contribution in [0.2, 0.25) is 0 Å². The fourth-order valence-electron chi connectivity index (χ4n) is 9.38. The molecule has 0 aromatic rings. The molecule has 7 atom stereocenters. The third-order valence-electron chi connectivity index (χ3n) is 11.8. The molecule has 0 spiro atoms. The molecule has 5 aliphatic rings. The average molecular weight is 497 g/mol. The van der Waals surface area contributed by atoms with E-state index in [1.54, 1.807) is 11.1 Å². The van der Waals surface area contributed by atoms with Crippen molar-refractivity contribution >= 4 is 5.91 Å². The molecule has 5 rings (SSSR count). The fraction of sp³-hybridized carbons (Fsp3) is 0.867. The van der Waals surface area contributed by atoms with Crippen LogP contribution in [0.15, 0.2) is 11.1 Å². The number of nitrogens with zero attached hydrogens (tertiary/aromatic N) is 3. The maximum Gasteiger partial charge on any atom is 0.234 e. The summed E-state index contributed by atoms with van der Waals surface area (Å²) in [6.45, 7) is 11.1. The van der Waals surface area contributed by atoms with E-state index in [0.29, 0.717) is 36.0 Å². The van der Waals surface area contributed by atoms with E-state index in [0.717, 1.165) is 64.7 Å². The van der Waals surface area contributed by atoms with Crippen LogP contribution in [0, 0.1) is 45.3 Å². The highest BCUT2D eigenvalue weighted by Crippen LogP contribution is 2.68. The largest absolute Gasteiger partial charge is 0.393 e. The average Bonchev–Trinajstić information content (AvgIpc) is 3.21. The number of carbonyl (C=O) groups is 1. The lowest BCUT2D eigenvalue weighted by Gasteiger charge is -2.58. The number of nitrogens with one attached hydrogen (secondary N) is 1. The lowest BCUT2D eigenvalue weighted by atomic mass is 9.45. The van der Waals surface area contributed by atoms with Gasteiger partial charge in [0.05, 0.1) is 17.6 Å². The maximum absolute atomic E-state index is 12.7. The number of aliphatic hydroxyl groups is 1. The Bertz CT molecular complexity index is 934. The van der Waals surface area contributed by atoms with Gasteiger partial charge in [-0.05, 0) is 94.4 Å². The van der Waals surface area contributed by atoms with E-state index >= 15 is 0 Å². The Kier molecular flexibility index (Phi) is 7.07. The first-order chi connectivity index (χ1) is 17.1. The van der Waals surface area contributed by atoms with E-state index in [-0.39, 0.29) is 22.8 Å². The van der Waals surface area contributed by atoms with E-state index < -0.39 is 0 Å². The zero-order chi connectivity index (χ0) is 25.7. The van der Waals surface area contributed by atoms with Crippen LogP contribution < -0.4 is 5.43 Å². The second-order valence-electron chi connectivity index (χ2n) is 13.5. The molecule has 6 nitrogen and oxygen atoms in total. The van der Waals surface area contributed by atoms with Crippen LogP contribution in [0.4, 0.5) is 0 Å². The summed E-state index contributed by atoms with van der Waals surface area (Å²) in [5.74, 6) is 2.01. The van der Waals surface area contributed by atoms with Crippen molar-refractivity contribution in [3.8, 4) is 6.07 Å². The zero-order valence-corrected chi connectivity index (χ0v) is 23.1. The summed E-state index contributed by atoms with van der Waals surface area (Å²) in [4.78, 5) is 15.0. The van der Waals surface area contributed by atoms with Crippen LogP contribution in [0.25, 0.3) is 0 Å². The summed E-state index contributed by atoms with van der Waals surface area (Å²) in [5.41, 5.74) is 6.29. The Labute approximate surface area is 218 Å². The van der Waals surface area contributed by atoms with Gasteiger partial charge in [0.2, 0.25) is 5.91 Å². The number of carbonyl (C=O) groups excluding carboxylic acids is 1. The van der Waals surface area contributed by atoms with Gasteiger partial charge in [-0.3, -0.25) is 10.2 Å². The number of aliphatic hydroxyl groups excluding tert-OH is 1. The summed E-state index contributed by atoms with van der Waals surface area (Å²) < 4.78 is 0. The van der Waals surface area contributed by atoms with Crippen molar-refractivity contribution in [2.24, 2.45) is 34.0 Å². The van der Waals surface area contributed by atoms with Gasteiger partial charge in [-0.25, -0.2) is 5.01 Å². The minimum absolute atomic E-state index is 0.0685. The third kappa shape index (κ3) is 4.24. The predicted octanol–water partition coefficient (Wildman–Crippen LogP) is 4.66. The van der Waals surface area contributed by atoms with E-state index in [2.05, 4.69) is 49.2 Å². The Hall–Kier alpha value is -1.42. The fourth-order valence-corrected chi connectivity index (χ4v) is 9.38. The quantitative estimate of drug-likeness (QED) is 0.541. The number of hydrogen-bond donors (Lipinski definition) is 2. The van der Waals surface area contributed by atoms with Crippen molar-refractivity contribution in [3.05, 3.63) is 11.1 Å². The van der Waals surface area contributed by atoms with Crippen molar-refractivity contribution in [2.45, 2.75) is 97.5 Å². The highest BCUT2D eigenvalue weighted by atomic mass is 16.3. The standard InChI is InChI=1S/C30H48N4O2/c1-21(5-8-27(36)32-34-17-15-33(4)16-18-34)24-6-7-25-23-10-14-30(20-31)19-22(35)9-13-29(30,3)26(23)11-12-28(24,25)2/h21-22,24-25,35H,5-19H2,1-4H3,(H,32,36)/t21-,22+,24-,25+,28-,29-,30+/m1/s1. The maximum atomic E-state index is 12.7. The highest BCUT2D eigenvalue weighted by Gasteiger charge is 2.60. The topological polar surface area (TPSA) is 79.6 Å². The molecule has 1 saturated heterocycles. The number of fused-ring (bicyclic) bond motifs is 4. The van der Waals surface area contributed by atoms with E-state index in [4.69, 9.17) is 0 Å². The number of hydrogen-bond acceptors (Lipinski definition) is 5. The van der Waals surface area contributed by atoms with Gasteiger partial charge in [-0.1, -0.05) is 31.9 Å². The molecular weight excluding hydrogens is 448 g/mol. The van der Waals surface area contributed by atoms with Gasteiger partial charge in [-0.2, -0.15) is 5.26 Å². The molecule has 200 valence electrons. The molecule has 1 amide bonds. The molecule has 0 unspecified atom stereocenters. The summed E-state index contributed by atoms with van der Waals surface area (Å²) in [6, 6.07) is 2.74. The van der Waals surface area contributed by atoms with Crippen molar-refractivity contribution < 1.29 is 9.90 Å². The number of allylic oxidation sites excluding steroid dienone is 2. The molecule has 1 aliphatic heterocycles. The van der Waals surface area contributed by atoms with Gasteiger partial charge in [0.15, 0.2) is 0 Å². The summed E-state index contributed by atoms with van der Waals surface area (Å²) in [5, 5.41) is 22.8. The van der Waals surface area contributed by atoms with Gasteiger partial charge >= 0.3 is 0 Å². The number of piperazine rings is 1. The Morgan fingerprint density at radius 3 is 2.61 bits per heavy atom. The second kappa shape index (κ2) is 9.71. The van der Waals surface area contributed by atoms with Crippen LogP contribution in [-0.2, 0) is 4.79 Å². The lowest BCUT2D eigenvalue weighted by Crippen LogP contribution is -2.52. The smallest absolute Gasteiger partial charge is 0.234 e. The molecule has 3 fully saturated rings. The molecule has 2 saturated carbocycles. The molecule has 6 heteroatoms. The van der Waals surface area contributed by atoms with Crippen molar-refractivity contribution in [2.75, 3.05) is 33.2 Å². The lowest BCUT2D eigenvalue weighted by molar-refractivity contribution is -0.127. The summed E-state index contributed by atoms with van der Waals surface area (Å²) in [6.07, 6.45) is 10.5. The van der Waals surface area contributed by atoms with Crippen LogP contribution in [-0.4, -0.2) is 60.3 Å². The Morgan fingerprint density at radius 2 is 1.89 bits per heavy atom. The summed E-state index contributed by atoms with van der Waals surface area (Å²) >= 11 is 0. The Morgan fingerprint density at radius 1 is 1.14 bits per heavy atom. The molecule has 0 bridgehead atoms. The normalized spacial score (nSPS) is 42.2. The molecule has 0 aromatic heterocycles. The first-order valence-electron chi connectivity index (χ1n) is 14.7. The highest BCUT2D eigenvalue weighted by molar-refractivity contribution is 5.75. The van der Waals surface area contributed by atoms with E-state index in [9.17, 15) is 15.2 Å². The number of nitriles is 1. The van der Waals surface area contributed by atoms with Crippen LogP contribution in [0.1, 0.15) is 91.4 Å². The first-order valence-corrected chi connectivity index (χ1v) is 14.7. The van der Waals surface area contributed by atoms with Gasteiger partial charge in [0.1, 0.15) is 0 Å². The van der Waals surface area contributed by atoms with Crippen molar-refractivity contribution in [1.82, 2.24) is 15.3 Å². The van der Waals surface area contributed by atoms with E-state index in [1.165, 1.54) is 19.3 Å². The molecule has 0 radical (unpaired) electrons. The zero-order valence-electron chi connectivity index (χ0n) is 23.1. The number of rotatable bonds is 5. The summed E-state index contributed by atoms with van der Waals surface area (Å²) in [7, 11) is 2.13. The Balaban J connectivity index is 1.25. The van der Waals surface area contributed by atoms with Crippen molar-refractivity contribution in [1.29, 1.82) is 5.26 Å². The van der Waals surface area contributed by atoms with E-state index in [1.807, 2.05) is 0 Å². The second-order valence-corrected chi connectivity index (χ2v) is 13.5. The number of hydrazine groups is 1. The van der Waals surface area contributed by atoms with Gasteiger partial charge < -0.3 is 10.0 Å². The molecular formula is C30H48N4O2. The minimum atomic E-state index is -0.389. The number of likely N-dealkylation sites (N-methyl/N-ethyl adjacent to an activating group) is 1. The van der Waals surface area contributed by atoms with Crippen LogP contribution in [0.3, 0.4) is 0 Å². The third-order valence-corrected chi connectivity index (χ3v) is 11.8. The van der Waals surface area contributed by atoms with Crippen LogP contribution >= 0.6 is 0 Å². The minimum Gasteiger partial charge on any atom is -0.393 e. The van der Waals surface area contributed by atoms with Crippen molar-refractivity contribution in [3.63, 3.8) is 0 Å². The predicted molar refractivity (Wildman–Crippen MR) is 141 cm³/mol. The molecule has 36 heavy (non-hydrogen) atoms. The monoisotopic (exact) mass is 496 g/mol. The molecule has 1 heterocycles. The first kappa shape index (κ1) is 26.2. The number of amides is 1. The molecule has 4 aliphatic carbocycles. The van der Waals surface area contributed by atoms with Gasteiger partial charge in [0, 0.05) is 38.0 Å². The van der Waals surface area contributed by atoms with Crippen LogP contribution in [0.5, 0.6) is 0 Å². The van der Waals surface area contributed by atoms with Gasteiger partial charge in [-0.15, -0.1) is 0 Å². The van der Waals surface area contributed by atoms with Gasteiger partial charge in [0.25, 0.3) is 0 Å². The molecule has 0 aromatic carbocycles.